The highest BCUT2D eigenvalue weighted by Crippen LogP contribution is 2.23. The zero-order valence-electron chi connectivity index (χ0n) is 12.2. The van der Waals surface area contributed by atoms with Gasteiger partial charge in [-0.25, -0.2) is 14.8 Å². The van der Waals surface area contributed by atoms with E-state index >= 15 is 0 Å². The molecule has 0 spiro atoms. The molecule has 0 unspecified atom stereocenters. The molecule has 0 aliphatic rings. The van der Waals surface area contributed by atoms with Gasteiger partial charge in [0.15, 0.2) is 34.1 Å². The summed E-state index contributed by atoms with van der Waals surface area (Å²) in [5.41, 5.74) is 0.783. The SMILES string of the molecule is Cc1csc([C@@H](C#N)C(=O)COC(=O)c2c(Cl)nc3sccn23)n1. The van der Waals surface area contributed by atoms with E-state index in [4.69, 9.17) is 16.3 Å². The Balaban J connectivity index is 1.72. The number of ether oxygens (including phenoxy) is 1. The van der Waals surface area contributed by atoms with Crippen LogP contribution in [0.2, 0.25) is 5.15 Å². The number of fused-ring (bicyclic) bond motifs is 1. The van der Waals surface area contributed by atoms with E-state index in [2.05, 4.69) is 9.97 Å². The van der Waals surface area contributed by atoms with Crippen molar-refractivity contribution in [2.75, 3.05) is 6.61 Å². The van der Waals surface area contributed by atoms with Crippen LogP contribution in [0.5, 0.6) is 0 Å². The van der Waals surface area contributed by atoms with Crippen LogP contribution in [-0.4, -0.2) is 32.7 Å². The van der Waals surface area contributed by atoms with E-state index in [0.717, 1.165) is 5.69 Å². The first kappa shape index (κ1) is 16.6. The molecular formula is C14H9ClN4O3S2. The summed E-state index contributed by atoms with van der Waals surface area (Å²) < 4.78 is 6.51. The minimum Gasteiger partial charge on any atom is -0.453 e. The summed E-state index contributed by atoms with van der Waals surface area (Å²) in [5, 5.41) is 13.1. The van der Waals surface area contributed by atoms with Crippen LogP contribution < -0.4 is 0 Å². The molecule has 0 aliphatic heterocycles. The number of thiazole rings is 2. The summed E-state index contributed by atoms with van der Waals surface area (Å²) in [6.45, 7) is 1.23. The van der Waals surface area contributed by atoms with E-state index in [1.807, 2.05) is 6.07 Å². The molecule has 0 bridgehead atoms. The highest BCUT2D eigenvalue weighted by molar-refractivity contribution is 7.15. The maximum atomic E-state index is 12.2. The van der Waals surface area contributed by atoms with Crippen molar-refractivity contribution in [2.24, 2.45) is 0 Å². The van der Waals surface area contributed by atoms with E-state index in [1.165, 1.54) is 27.1 Å². The molecule has 3 aromatic rings. The van der Waals surface area contributed by atoms with Crippen LogP contribution in [0.1, 0.15) is 27.1 Å². The molecule has 3 rings (SSSR count). The van der Waals surface area contributed by atoms with E-state index in [-0.39, 0.29) is 10.8 Å². The van der Waals surface area contributed by atoms with Gasteiger partial charge < -0.3 is 4.74 Å². The first-order valence-corrected chi connectivity index (χ1v) is 8.77. The molecule has 24 heavy (non-hydrogen) atoms. The third-order valence-electron chi connectivity index (χ3n) is 3.09. The largest absolute Gasteiger partial charge is 0.453 e. The number of halogens is 1. The number of hydrogen-bond acceptors (Lipinski definition) is 8. The van der Waals surface area contributed by atoms with Crippen molar-refractivity contribution in [2.45, 2.75) is 12.8 Å². The molecule has 0 saturated heterocycles. The molecule has 0 fully saturated rings. The molecule has 0 aliphatic carbocycles. The summed E-state index contributed by atoms with van der Waals surface area (Å²) >= 11 is 8.47. The van der Waals surface area contributed by atoms with Gasteiger partial charge in [-0.05, 0) is 6.92 Å². The van der Waals surface area contributed by atoms with Crippen LogP contribution in [0, 0.1) is 18.3 Å². The second-order valence-electron chi connectivity index (χ2n) is 4.74. The Morgan fingerprint density at radius 2 is 2.25 bits per heavy atom. The van der Waals surface area contributed by atoms with Gasteiger partial charge in [0.2, 0.25) is 0 Å². The number of carbonyl (C=O) groups is 2. The predicted octanol–water partition coefficient (Wildman–Crippen LogP) is 2.85. The topological polar surface area (TPSA) is 97.3 Å². The summed E-state index contributed by atoms with van der Waals surface area (Å²) in [6, 6.07) is 1.89. The molecule has 0 aromatic carbocycles. The predicted molar refractivity (Wildman–Crippen MR) is 88.6 cm³/mol. The number of esters is 1. The minimum atomic E-state index is -1.06. The normalized spacial score (nSPS) is 12.0. The van der Waals surface area contributed by atoms with E-state index in [9.17, 15) is 14.9 Å². The number of aromatic nitrogens is 3. The molecule has 122 valence electrons. The lowest BCUT2D eigenvalue weighted by Gasteiger charge is -2.06. The fraction of sp³-hybridized carbons (Fsp3) is 0.214. The summed E-state index contributed by atoms with van der Waals surface area (Å²) in [7, 11) is 0. The van der Waals surface area contributed by atoms with Crippen molar-refractivity contribution >= 4 is 51.0 Å². The number of nitrogens with zero attached hydrogens (tertiary/aromatic N) is 4. The van der Waals surface area contributed by atoms with Crippen LogP contribution >= 0.6 is 34.3 Å². The Kier molecular flexibility index (Phi) is 4.62. The number of aryl methyl sites for hydroxylation is 1. The lowest BCUT2D eigenvalue weighted by molar-refractivity contribution is -0.122. The van der Waals surface area contributed by atoms with Crippen LogP contribution in [0.3, 0.4) is 0 Å². The third kappa shape index (κ3) is 3.03. The number of Topliss-reactive ketones (excluding diaryl/α,β-unsaturated/α-hetero) is 1. The van der Waals surface area contributed by atoms with Gasteiger partial charge >= 0.3 is 5.97 Å². The zero-order chi connectivity index (χ0) is 17.3. The number of rotatable bonds is 5. The molecule has 0 N–H and O–H groups in total. The Morgan fingerprint density at radius 1 is 1.46 bits per heavy atom. The first-order chi connectivity index (χ1) is 11.5. The number of nitriles is 1. The van der Waals surface area contributed by atoms with Crippen LogP contribution in [0.25, 0.3) is 4.96 Å². The fourth-order valence-electron chi connectivity index (χ4n) is 2.00. The number of hydrogen-bond donors (Lipinski definition) is 0. The minimum absolute atomic E-state index is 0.00619. The highest BCUT2D eigenvalue weighted by atomic mass is 35.5. The van der Waals surface area contributed by atoms with Gasteiger partial charge in [-0.1, -0.05) is 11.6 Å². The van der Waals surface area contributed by atoms with Gasteiger partial charge in [0.05, 0.1) is 6.07 Å². The highest BCUT2D eigenvalue weighted by Gasteiger charge is 2.26. The second kappa shape index (κ2) is 6.68. The Labute approximate surface area is 149 Å². The molecule has 3 aromatic heterocycles. The quantitative estimate of drug-likeness (QED) is 0.631. The zero-order valence-corrected chi connectivity index (χ0v) is 14.6. The molecule has 0 amide bonds. The molecule has 0 saturated carbocycles. The van der Waals surface area contributed by atoms with Gasteiger partial charge in [-0.15, -0.1) is 22.7 Å². The van der Waals surface area contributed by atoms with Gasteiger partial charge in [-0.2, -0.15) is 5.26 Å². The second-order valence-corrected chi connectivity index (χ2v) is 6.86. The van der Waals surface area contributed by atoms with Gasteiger partial charge in [0, 0.05) is 22.7 Å². The lowest BCUT2D eigenvalue weighted by Crippen LogP contribution is -2.20. The maximum absolute atomic E-state index is 12.2. The smallest absolute Gasteiger partial charge is 0.359 e. The van der Waals surface area contributed by atoms with Crippen molar-refractivity contribution in [3.05, 3.63) is 38.5 Å². The van der Waals surface area contributed by atoms with E-state index < -0.39 is 24.3 Å². The van der Waals surface area contributed by atoms with Crippen molar-refractivity contribution in [3.63, 3.8) is 0 Å². The third-order valence-corrected chi connectivity index (χ3v) is 5.14. The average Bonchev–Trinajstić information content (AvgIpc) is 3.22. The van der Waals surface area contributed by atoms with Crippen molar-refractivity contribution in [3.8, 4) is 6.07 Å². The molecule has 1 atom stereocenters. The fourth-order valence-corrected chi connectivity index (χ4v) is 3.87. The van der Waals surface area contributed by atoms with Crippen molar-refractivity contribution in [1.82, 2.24) is 14.4 Å². The first-order valence-electron chi connectivity index (χ1n) is 6.63. The molecule has 10 heteroatoms. The molecule has 3 heterocycles. The van der Waals surface area contributed by atoms with Crippen molar-refractivity contribution < 1.29 is 14.3 Å². The Bertz CT molecular complexity index is 968. The molecule has 7 nitrogen and oxygen atoms in total. The van der Waals surface area contributed by atoms with E-state index in [0.29, 0.717) is 9.97 Å². The standard InChI is InChI=1S/C14H9ClN4O3S2/c1-7-6-24-12(17-7)8(4-16)9(20)5-22-13(21)10-11(15)18-14-19(10)2-3-23-14/h2-3,6,8H,5H2,1H3/t8-/m0/s1. The van der Waals surface area contributed by atoms with Gasteiger partial charge in [0.1, 0.15) is 5.01 Å². The molecule has 0 radical (unpaired) electrons. The Hall–Kier alpha value is -2.28. The summed E-state index contributed by atoms with van der Waals surface area (Å²) in [6.07, 6.45) is 1.63. The van der Waals surface area contributed by atoms with Gasteiger partial charge in [-0.3, -0.25) is 9.20 Å². The van der Waals surface area contributed by atoms with Crippen LogP contribution in [-0.2, 0) is 9.53 Å². The molecular weight excluding hydrogens is 372 g/mol. The van der Waals surface area contributed by atoms with Crippen LogP contribution in [0.4, 0.5) is 0 Å². The average molecular weight is 381 g/mol. The van der Waals surface area contributed by atoms with Gasteiger partial charge in [0.25, 0.3) is 0 Å². The summed E-state index contributed by atoms with van der Waals surface area (Å²) in [4.78, 5) is 33.1. The van der Waals surface area contributed by atoms with E-state index in [1.54, 1.807) is 23.9 Å². The number of ketones is 1. The Morgan fingerprint density at radius 3 is 2.92 bits per heavy atom. The van der Waals surface area contributed by atoms with Crippen LogP contribution in [0.15, 0.2) is 17.0 Å². The van der Waals surface area contributed by atoms with Crippen molar-refractivity contribution in [1.29, 1.82) is 5.26 Å². The number of imidazole rings is 1. The maximum Gasteiger partial charge on any atom is 0.359 e. The lowest BCUT2D eigenvalue weighted by atomic mass is 10.1. The monoisotopic (exact) mass is 380 g/mol. The number of carbonyl (C=O) groups excluding carboxylic acids is 2. The summed E-state index contributed by atoms with van der Waals surface area (Å²) in [5.74, 6) is -2.37.